The normalized spacial score (nSPS) is 12.1. The Morgan fingerprint density at radius 1 is 1.09 bits per heavy atom. The van der Waals surface area contributed by atoms with E-state index in [-0.39, 0.29) is 16.7 Å². The number of rotatable bonds is 2. The van der Waals surface area contributed by atoms with Crippen LogP contribution in [-0.4, -0.2) is 10.9 Å². The van der Waals surface area contributed by atoms with Crippen molar-refractivity contribution in [3.8, 4) is 0 Å². The van der Waals surface area contributed by atoms with E-state index in [0.29, 0.717) is 0 Å². The highest BCUT2D eigenvalue weighted by molar-refractivity contribution is 6.04. The number of halogens is 3. The third-order valence-electron chi connectivity index (χ3n) is 3.24. The number of carbonyl (C=O) groups excluding carboxylic acids is 1. The second-order valence-corrected chi connectivity index (χ2v) is 6.21. The summed E-state index contributed by atoms with van der Waals surface area (Å²) in [4.78, 5) is 16.3. The lowest BCUT2D eigenvalue weighted by atomic mass is 9.91. The van der Waals surface area contributed by atoms with E-state index in [2.05, 4.69) is 10.3 Å². The van der Waals surface area contributed by atoms with Crippen LogP contribution >= 0.6 is 0 Å². The van der Waals surface area contributed by atoms with Crippen LogP contribution in [0, 0.1) is 0 Å². The maximum absolute atomic E-state index is 12.7. The summed E-state index contributed by atoms with van der Waals surface area (Å²) >= 11 is 0. The molecule has 1 amide bonds. The Balaban J connectivity index is 2.16. The molecule has 1 N–H and O–H groups in total. The summed E-state index contributed by atoms with van der Waals surface area (Å²) in [5.41, 5.74) is 0.250. The molecule has 0 aliphatic rings. The molecule has 2 rings (SSSR count). The maximum atomic E-state index is 12.7. The van der Waals surface area contributed by atoms with Gasteiger partial charge in [-0.3, -0.25) is 9.78 Å². The number of hydrogen-bond donors (Lipinski definition) is 1. The Morgan fingerprint density at radius 3 is 2.30 bits per heavy atom. The van der Waals surface area contributed by atoms with Gasteiger partial charge in [0.25, 0.3) is 5.91 Å². The average molecular weight is 322 g/mol. The van der Waals surface area contributed by atoms with Crippen molar-refractivity contribution in [1.29, 1.82) is 0 Å². The standard InChI is InChI=1S/C17H17F3N2O/c1-16(2,3)14-8-7-11(10-21-14)15(23)22-13-6-4-5-12(9-13)17(18,19)20/h4-10H,1-3H3,(H,22,23). The Bertz CT molecular complexity index is 701. The van der Waals surface area contributed by atoms with Gasteiger partial charge in [-0.15, -0.1) is 0 Å². The molecule has 0 aliphatic carbocycles. The van der Waals surface area contributed by atoms with Gasteiger partial charge in [-0.2, -0.15) is 13.2 Å². The van der Waals surface area contributed by atoms with E-state index in [1.54, 1.807) is 12.1 Å². The predicted molar refractivity (Wildman–Crippen MR) is 82.3 cm³/mol. The van der Waals surface area contributed by atoms with Crippen LogP contribution in [0.5, 0.6) is 0 Å². The number of amides is 1. The summed E-state index contributed by atoms with van der Waals surface area (Å²) in [6, 6.07) is 7.85. The smallest absolute Gasteiger partial charge is 0.322 e. The second kappa shape index (κ2) is 6.02. The number of benzene rings is 1. The molecule has 0 atom stereocenters. The molecule has 0 radical (unpaired) electrons. The van der Waals surface area contributed by atoms with Gasteiger partial charge in [0, 0.05) is 23.0 Å². The Morgan fingerprint density at radius 2 is 1.78 bits per heavy atom. The molecule has 3 nitrogen and oxygen atoms in total. The molecule has 23 heavy (non-hydrogen) atoms. The van der Waals surface area contributed by atoms with Crippen LogP contribution in [0.4, 0.5) is 18.9 Å². The van der Waals surface area contributed by atoms with Gasteiger partial charge < -0.3 is 5.32 Å². The van der Waals surface area contributed by atoms with Crippen molar-refractivity contribution in [2.75, 3.05) is 5.32 Å². The van der Waals surface area contributed by atoms with Crippen LogP contribution in [-0.2, 0) is 11.6 Å². The Labute approximate surface area is 132 Å². The van der Waals surface area contributed by atoms with Crippen LogP contribution < -0.4 is 5.32 Å². The number of alkyl halides is 3. The summed E-state index contributed by atoms with van der Waals surface area (Å²) in [6.07, 6.45) is -3.03. The summed E-state index contributed by atoms with van der Waals surface area (Å²) in [5.74, 6) is -0.503. The molecular formula is C17H17F3N2O. The highest BCUT2D eigenvalue weighted by atomic mass is 19.4. The van der Waals surface area contributed by atoms with Crippen LogP contribution in [0.15, 0.2) is 42.6 Å². The van der Waals surface area contributed by atoms with Crippen LogP contribution in [0.3, 0.4) is 0 Å². The van der Waals surface area contributed by atoms with Crippen molar-refractivity contribution in [2.24, 2.45) is 0 Å². The third-order valence-corrected chi connectivity index (χ3v) is 3.24. The first kappa shape index (κ1) is 17.0. The SMILES string of the molecule is CC(C)(C)c1ccc(C(=O)Nc2cccc(C(F)(F)F)c2)cn1. The van der Waals surface area contributed by atoms with E-state index in [9.17, 15) is 18.0 Å². The van der Waals surface area contributed by atoms with Crippen molar-refractivity contribution < 1.29 is 18.0 Å². The first-order valence-corrected chi connectivity index (χ1v) is 7.02. The van der Waals surface area contributed by atoms with E-state index < -0.39 is 17.6 Å². The van der Waals surface area contributed by atoms with Crippen LogP contribution in [0.2, 0.25) is 0 Å². The van der Waals surface area contributed by atoms with Gasteiger partial charge >= 0.3 is 6.18 Å². The van der Waals surface area contributed by atoms with E-state index in [4.69, 9.17) is 0 Å². The highest BCUT2D eigenvalue weighted by Crippen LogP contribution is 2.30. The number of nitrogens with zero attached hydrogens (tertiary/aromatic N) is 1. The molecule has 0 unspecified atom stereocenters. The minimum Gasteiger partial charge on any atom is -0.322 e. The molecule has 2 aromatic rings. The minimum atomic E-state index is -4.45. The third kappa shape index (κ3) is 4.31. The fourth-order valence-electron chi connectivity index (χ4n) is 1.95. The zero-order valence-corrected chi connectivity index (χ0v) is 13.0. The average Bonchev–Trinajstić information content (AvgIpc) is 2.46. The number of pyridine rings is 1. The Hall–Kier alpha value is -2.37. The van der Waals surface area contributed by atoms with Crippen molar-refractivity contribution in [1.82, 2.24) is 4.98 Å². The molecule has 1 aromatic carbocycles. The van der Waals surface area contributed by atoms with Crippen LogP contribution in [0.1, 0.15) is 42.4 Å². The van der Waals surface area contributed by atoms with Crippen LogP contribution in [0.25, 0.3) is 0 Å². The number of hydrogen-bond acceptors (Lipinski definition) is 2. The molecule has 1 heterocycles. The van der Waals surface area contributed by atoms with E-state index in [1.807, 2.05) is 20.8 Å². The van der Waals surface area contributed by atoms with Gasteiger partial charge in [0.05, 0.1) is 11.1 Å². The van der Waals surface area contributed by atoms with Crippen molar-refractivity contribution in [3.63, 3.8) is 0 Å². The van der Waals surface area contributed by atoms with Gasteiger partial charge in [0.1, 0.15) is 0 Å². The van der Waals surface area contributed by atoms with Gasteiger partial charge in [-0.25, -0.2) is 0 Å². The number of nitrogens with one attached hydrogen (secondary N) is 1. The largest absolute Gasteiger partial charge is 0.416 e. The summed E-state index contributed by atoms with van der Waals surface area (Å²) in [5, 5.41) is 2.45. The quantitative estimate of drug-likeness (QED) is 0.874. The summed E-state index contributed by atoms with van der Waals surface area (Å²) in [6.45, 7) is 5.99. The molecule has 0 spiro atoms. The van der Waals surface area contributed by atoms with Gasteiger partial charge in [0.15, 0.2) is 0 Å². The monoisotopic (exact) mass is 322 g/mol. The zero-order valence-electron chi connectivity index (χ0n) is 13.0. The first-order chi connectivity index (χ1) is 10.6. The number of anilines is 1. The fraction of sp³-hybridized carbons (Fsp3) is 0.294. The molecule has 6 heteroatoms. The molecule has 122 valence electrons. The molecule has 1 aromatic heterocycles. The lowest BCUT2D eigenvalue weighted by molar-refractivity contribution is -0.137. The molecule has 0 saturated carbocycles. The lowest BCUT2D eigenvalue weighted by Crippen LogP contribution is -2.16. The topological polar surface area (TPSA) is 42.0 Å². The van der Waals surface area contributed by atoms with Crippen molar-refractivity contribution in [3.05, 3.63) is 59.4 Å². The summed E-state index contributed by atoms with van der Waals surface area (Å²) in [7, 11) is 0. The predicted octanol–water partition coefficient (Wildman–Crippen LogP) is 4.65. The molecule has 0 fully saturated rings. The first-order valence-electron chi connectivity index (χ1n) is 7.02. The molecule has 0 bridgehead atoms. The van der Waals surface area contributed by atoms with Gasteiger partial charge in [-0.1, -0.05) is 26.8 Å². The Kier molecular flexibility index (Phi) is 4.45. The maximum Gasteiger partial charge on any atom is 0.416 e. The second-order valence-electron chi connectivity index (χ2n) is 6.21. The van der Waals surface area contributed by atoms with E-state index in [1.165, 1.54) is 18.3 Å². The minimum absolute atomic E-state index is 0.0877. The van der Waals surface area contributed by atoms with Crippen molar-refractivity contribution in [2.45, 2.75) is 32.4 Å². The zero-order chi connectivity index (χ0) is 17.3. The van der Waals surface area contributed by atoms with Crippen molar-refractivity contribution >= 4 is 11.6 Å². The molecule has 0 saturated heterocycles. The molecular weight excluding hydrogens is 305 g/mol. The number of aromatic nitrogens is 1. The number of carbonyl (C=O) groups is 1. The molecule has 0 aliphatic heterocycles. The summed E-state index contributed by atoms with van der Waals surface area (Å²) < 4.78 is 38.0. The van der Waals surface area contributed by atoms with E-state index >= 15 is 0 Å². The lowest BCUT2D eigenvalue weighted by Gasteiger charge is -2.17. The highest BCUT2D eigenvalue weighted by Gasteiger charge is 2.30. The van der Waals surface area contributed by atoms with Gasteiger partial charge in [0.2, 0.25) is 0 Å². The fourth-order valence-corrected chi connectivity index (χ4v) is 1.95. The van der Waals surface area contributed by atoms with Gasteiger partial charge in [-0.05, 0) is 30.3 Å². The van der Waals surface area contributed by atoms with E-state index in [0.717, 1.165) is 17.8 Å².